The molecule has 72 valence electrons. The van der Waals surface area contributed by atoms with Gasteiger partial charge in [0.25, 0.3) is 0 Å². The van der Waals surface area contributed by atoms with E-state index in [1.807, 2.05) is 19.1 Å². The topological polar surface area (TPSA) is 66.8 Å². The molecular formula is C7H15O4P. The van der Waals surface area contributed by atoms with Gasteiger partial charge >= 0.3 is 7.82 Å². The molecule has 0 aromatic carbocycles. The minimum absolute atomic E-state index is 0.436. The van der Waals surface area contributed by atoms with Crippen molar-refractivity contribution in [2.45, 2.75) is 32.8 Å². The molecule has 4 nitrogen and oxygen atoms in total. The van der Waals surface area contributed by atoms with Gasteiger partial charge < -0.3 is 9.79 Å². The average Bonchev–Trinajstić information content (AvgIpc) is 1.84. The van der Waals surface area contributed by atoms with Crippen molar-refractivity contribution in [1.29, 1.82) is 0 Å². The van der Waals surface area contributed by atoms with E-state index in [1.54, 1.807) is 6.92 Å². The Labute approximate surface area is 72.5 Å². The molecule has 1 atom stereocenters. The Morgan fingerprint density at radius 3 is 2.50 bits per heavy atom. The maximum absolute atomic E-state index is 10.3. The summed E-state index contributed by atoms with van der Waals surface area (Å²) in [4.78, 5) is 16.8. The van der Waals surface area contributed by atoms with E-state index in [1.165, 1.54) is 0 Å². The van der Waals surface area contributed by atoms with Gasteiger partial charge in [0.05, 0.1) is 6.10 Å². The smallest absolute Gasteiger partial charge is 0.303 e. The third kappa shape index (κ3) is 7.95. The molecule has 0 radical (unpaired) electrons. The van der Waals surface area contributed by atoms with Gasteiger partial charge in [0.2, 0.25) is 0 Å². The molecule has 0 saturated heterocycles. The second kappa shape index (κ2) is 5.49. The fraction of sp³-hybridized carbons (Fsp3) is 0.714. The van der Waals surface area contributed by atoms with Crippen molar-refractivity contribution in [2.24, 2.45) is 0 Å². The molecule has 0 spiro atoms. The van der Waals surface area contributed by atoms with Crippen molar-refractivity contribution in [1.82, 2.24) is 0 Å². The second-order valence-electron chi connectivity index (χ2n) is 2.52. The van der Waals surface area contributed by atoms with Crippen molar-refractivity contribution < 1.29 is 18.9 Å². The highest BCUT2D eigenvalue weighted by Crippen LogP contribution is 2.38. The maximum atomic E-state index is 10.3. The largest absolute Gasteiger partial charge is 0.469 e. The molecule has 5 heteroatoms. The van der Waals surface area contributed by atoms with Crippen LogP contribution in [0.4, 0.5) is 0 Å². The Bertz CT molecular complexity index is 184. The van der Waals surface area contributed by atoms with Crippen LogP contribution in [0.15, 0.2) is 12.2 Å². The van der Waals surface area contributed by atoms with Gasteiger partial charge in [-0.05, 0) is 19.8 Å². The molecule has 0 rings (SSSR count). The van der Waals surface area contributed by atoms with E-state index in [4.69, 9.17) is 9.79 Å². The SMILES string of the molecule is CCC=CCC(C)OP(=O)(O)O. The van der Waals surface area contributed by atoms with Crippen molar-refractivity contribution in [3.8, 4) is 0 Å². The molecule has 2 N–H and O–H groups in total. The molecule has 12 heavy (non-hydrogen) atoms. The lowest BCUT2D eigenvalue weighted by atomic mass is 10.2. The molecule has 0 bridgehead atoms. The summed E-state index contributed by atoms with van der Waals surface area (Å²) in [6.07, 6.45) is 4.79. The normalized spacial score (nSPS) is 15.3. The zero-order valence-corrected chi connectivity index (χ0v) is 8.20. The van der Waals surface area contributed by atoms with E-state index in [9.17, 15) is 4.57 Å². The van der Waals surface area contributed by atoms with Crippen molar-refractivity contribution in [2.75, 3.05) is 0 Å². The molecule has 0 aliphatic rings. The van der Waals surface area contributed by atoms with E-state index in [-0.39, 0.29) is 0 Å². The summed E-state index contributed by atoms with van der Waals surface area (Å²) < 4.78 is 14.7. The standard InChI is InChI=1S/C7H15O4P/c1-3-4-5-6-7(2)11-12(8,9)10/h4-5,7H,3,6H2,1-2H3,(H2,8,9,10). The van der Waals surface area contributed by atoms with Crippen molar-refractivity contribution >= 4 is 7.82 Å². The zero-order chi connectivity index (χ0) is 9.61. The lowest BCUT2D eigenvalue weighted by Gasteiger charge is -2.10. The van der Waals surface area contributed by atoms with Crippen LogP contribution in [0.1, 0.15) is 26.7 Å². The first-order chi connectivity index (χ1) is 5.45. The number of hydrogen-bond donors (Lipinski definition) is 2. The lowest BCUT2D eigenvalue weighted by molar-refractivity contribution is 0.146. The Morgan fingerprint density at radius 1 is 1.50 bits per heavy atom. The van der Waals surface area contributed by atoms with Crippen LogP contribution in [0, 0.1) is 0 Å². The summed E-state index contributed by atoms with van der Waals surface area (Å²) in [5.41, 5.74) is 0. The van der Waals surface area contributed by atoms with E-state index >= 15 is 0 Å². The van der Waals surface area contributed by atoms with E-state index < -0.39 is 13.9 Å². The van der Waals surface area contributed by atoms with Crippen LogP contribution in [-0.2, 0) is 9.09 Å². The van der Waals surface area contributed by atoms with Crippen molar-refractivity contribution in [3.05, 3.63) is 12.2 Å². The highest BCUT2D eigenvalue weighted by atomic mass is 31.2. The number of hydrogen-bond acceptors (Lipinski definition) is 2. The first-order valence-corrected chi connectivity index (χ1v) is 5.37. The van der Waals surface area contributed by atoms with Gasteiger partial charge in [-0.1, -0.05) is 19.1 Å². The maximum Gasteiger partial charge on any atom is 0.469 e. The molecule has 0 aromatic rings. The van der Waals surface area contributed by atoms with Crippen LogP contribution >= 0.6 is 7.82 Å². The molecule has 0 aliphatic carbocycles. The lowest BCUT2D eigenvalue weighted by Crippen LogP contribution is -2.04. The van der Waals surface area contributed by atoms with Gasteiger partial charge in [0.15, 0.2) is 0 Å². The van der Waals surface area contributed by atoms with E-state index in [0.29, 0.717) is 6.42 Å². The van der Waals surface area contributed by atoms with Crippen LogP contribution in [0.3, 0.4) is 0 Å². The Hall–Kier alpha value is -0.150. The average molecular weight is 194 g/mol. The highest BCUT2D eigenvalue weighted by molar-refractivity contribution is 7.46. The summed E-state index contributed by atoms with van der Waals surface area (Å²) in [5, 5.41) is 0. The van der Waals surface area contributed by atoms with Gasteiger partial charge in [-0.25, -0.2) is 4.57 Å². The van der Waals surface area contributed by atoms with Gasteiger partial charge in [-0.15, -0.1) is 0 Å². The zero-order valence-electron chi connectivity index (χ0n) is 7.30. The third-order valence-corrected chi connectivity index (χ3v) is 1.82. The predicted molar refractivity (Wildman–Crippen MR) is 46.6 cm³/mol. The Morgan fingerprint density at radius 2 is 2.08 bits per heavy atom. The summed E-state index contributed by atoms with van der Waals surface area (Å²) >= 11 is 0. The van der Waals surface area contributed by atoms with Crippen LogP contribution in [-0.4, -0.2) is 15.9 Å². The summed E-state index contributed by atoms with van der Waals surface area (Å²) in [7, 11) is -4.30. The molecular weight excluding hydrogens is 179 g/mol. The Balaban J connectivity index is 3.67. The molecule has 0 heterocycles. The Kier molecular flexibility index (Phi) is 5.42. The second-order valence-corrected chi connectivity index (χ2v) is 3.71. The number of phosphoric ester groups is 1. The molecule has 0 saturated carbocycles. The van der Waals surface area contributed by atoms with Gasteiger partial charge in [0, 0.05) is 0 Å². The number of phosphoric acid groups is 1. The highest BCUT2D eigenvalue weighted by Gasteiger charge is 2.17. The summed E-state index contributed by atoms with van der Waals surface area (Å²) in [5.74, 6) is 0. The van der Waals surface area contributed by atoms with Crippen LogP contribution in [0.25, 0.3) is 0 Å². The van der Waals surface area contributed by atoms with Crippen LogP contribution in [0.2, 0.25) is 0 Å². The summed E-state index contributed by atoms with van der Waals surface area (Å²) in [6, 6.07) is 0. The van der Waals surface area contributed by atoms with Gasteiger partial charge in [0.1, 0.15) is 0 Å². The monoisotopic (exact) mass is 194 g/mol. The van der Waals surface area contributed by atoms with Crippen molar-refractivity contribution in [3.63, 3.8) is 0 Å². The number of rotatable bonds is 5. The fourth-order valence-electron chi connectivity index (χ4n) is 0.732. The fourth-order valence-corrected chi connectivity index (χ4v) is 1.29. The predicted octanol–water partition coefficient (Wildman–Crippen LogP) is 1.84. The summed E-state index contributed by atoms with van der Waals surface area (Å²) in [6.45, 7) is 3.62. The molecule has 0 aliphatic heterocycles. The molecule has 0 aromatic heterocycles. The number of allylic oxidation sites excluding steroid dienone is 1. The minimum atomic E-state index is -4.30. The van der Waals surface area contributed by atoms with E-state index in [0.717, 1.165) is 6.42 Å². The van der Waals surface area contributed by atoms with E-state index in [2.05, 4.69) is 4.52 Å². The van der Waals surface area contributed by atoms with Gasteiger partial charge in [-0.3, -0.25) is 4.52 Å². The molecule has 1 unspecified atom stereocenters. The first-order valence-electron chi connectivity index (χ1n) is 3.84. The van der Waals surface area contributed by atoms with Crippen LogP contribution in [0.5, 0.6) is 0 Å². The molecule has 0 fully saturated rings. The first kappa shape index (κ1) is 11.8. The van der Waals surface area contributed by atoms with Gasteiger partial charge in [-0.2, -0.15) is 0 Å². The third-order valence-electron chi connectivity index (χ3n) is 1.19. The van der Waals surface area contributed by atoms with Crippen LogP contribution < -0.4 is 0 Å². The molecule has 0 amide bonds. The quantitative estimate of drug-likeness (QED) is 0.517. The minimum Gasteiger partial charge on any atom is -0.303 e.